The zero-order chi connectivity index (χ0) is 29.4. The average Bonchev–Trinajstić information content (AvgIpc) is 2.89. The van der Waals surface area contributed by atoms with Crippen molar-refractivity contribution in [2.75, 3.05) is 32.5 Å². The van der Waals surface area contributed by atoms with Crippen LogP contribution in [0, 0.1) is 5.92 Å². The Kier molecular flexibility index (Phi) is 15.4. The molecule has 39 heavy (non-hydrogen) atoms. The van der Waals surface area contributed by atoms with Crippen molar-refractivity contribution in [1.29, 1.82) is 0 Å². The van der Waals surface area contributed by atoms with Crippen molar-refractivity contribution in [3.05, 3.63) is 29.8 Å². The number of Topliss-reactive ketones (excluding diaryl/α,β-unsaturated/α-hetero) is 1. The van der Waals surface area contributed by atoms with Gasteiger partial charge in [-0.25, -0.2) is 4.79 Å². The van der Waals surface area contributed by atoms with Crippen LogP contribution in [-0.2, 0) is 30.5 Å². The first-order chi connectivity index (χ1) is 18.5. The van der Waals surface area contributed by atoms with Crippen molar-refractivity contribution in [3.8, 4) is 0 Å². The molecule has 0 fully saturated rings. The van der Waals surface area contributed by atoms with E-state index >= 15 is 0 Å². The van der Waals surface area contributed by atoms with Crippen LogP contribution in [0.25, 0.3) is 0 Å². The number of hydrogen-bond donors (Lipinski definition) is 4. The van der Waals surface area contributed by atoms with Crippen LogP contribution in [0.2, 0.25) is 0 Å². The van der Waals surface area contributed by atoms with Gasteiger partial charge in [-0.1, -0.05) is 32.9 Å². The Morgan fingerprint density at radius 3 is 2.21 bits per heavy atom. The average molecular weight is 548 g/mol. The number of benzene rings is 1. The number of nitrogens with zero attached hydrogens (tertiary/aromatic N) is 1. The third-order valence-electron chi connectivity index (χ3n) is 5.99. The van der Waals surface area contributed by atoms with E-state index in [1.807, 2.05) is 27.8 Å². The summed E-state index contributed by atoms with van der Waals surface area (Å²) in [7, 11) is 3.38. The van der Waals surface area contributed by atoms with Gasteiger partial charge in [-0.05, 0) is 63.4 Å². The summed E-state index contributed by atoms with van der Waals surface area (Å²) in [6.45, 7) is 8.05. The molecule has 1 aromatic rings. The molecule has 11 nitrogen and oxygen atoms in total. The number of carbonyl (C=O) groups is 5. The van der Waals surface area contributed by atoms with E-state index in [1.54, 1.807) is 31.3 Å². The molecule has 0 spiro atoms. The molecule has 4 amide bonds. The van der Waals surface area contributed by atoms with Crippen LogP contribution >= 0.6 is 0 Å². The minimum absolute atomic E-state index is 0.00500. The highest BCUT2D eigenvalue weighted by Crippen LogP contribution is 2.13. The summed E-state index contributed by atoms with van der Waals surface area (Å²) in [5.74, 6) is -1.12. The molecule has 2 atom stereocenters. The van der Waals surface area contributed by atoms with Gasteiger partial charge >= 0.3 is 6.09 Å². The molecule has 0 saturated carbocycles. The normalized spacial score (nSPS) is 12.3. The molecule has 1 rings (SSSR count). The van der Waals surface area contributed by atoms with Crippen molar-refractivity contribution in [2.24, 2.45) is 5.92 Å². The van der Waals surface area contributed by atoms with Crippen LogP contribution in [0.15, 0.2) is 24.3 Å². The fourth-order valence-electron chi connectivity index (χ4n) is 3.61. The first-order valence-corrected chi connectivity index (χ1v) is 13.5. The lowest BCUT2D eigenvalue weighted by molar-refractivity contribution is -0.132. The molecule has 0 aliphatic carbocycles. The monoisotopic (exact) mass is 547 g/mol. The Bertz CT molecular complexity index is 950. The number of hydrogen-bond acceptors (Lipinski definition) is 7. The summed E-state index contributed by atoms with van der Waals surface area (Å²) in [6, 6.07) is 5.30. The van der Waals surface area contributed by atoms with Crippen molar-refractivity contribution < 1.29 is 28.7 Å². The quantitative estimate of drug-likeness (QED) is 0.219. The van der Waals surface area contributed by atoms with Gasteiger partial charge in [-0.2, -0.15) is 0 Å². The molecule has 1 unspecified atom stereocenters. The van der Waals surface area contributed by atoms with E-state index in [-0.39, 0.29) is 43.1 Å². The summed E-state index contributed by atoms with van der Waals surface area (Å²) >= 11 is 0. The number of amides is 4. The van der Waals surface area contributed by atoms with Crippen LogP contribution in [0.5, 0.6) is 0 Å². The number of carbonyl (C=O) groups excluding carboxylic acids is 5. The predicted octanol–water partition coefficient (Wildman–Crippen LogP) is 2.60. The number of nitrogens with one attached hydrogen (secondary N) is 4. The van der Waals surface area contributed by atoms with Crippen molar-refractivity contribution in [1.82, 2.24) is 20.9 Å². The maximum absolute atomic E-state index is 13.1. The van der Waals surface area contributed by atoms with Gasteiger partial charge in [0.1, 0.15) is 24.5 Å². The summed E-state index contributed by atoms with van der Waals surface area (Å²) in [6.07, 6.45) is 1.81. The molecule has 0 saturated heterocycles. The van der Waals surface area contributed by atoms with Gasteiger partial charge < -0.3 is 30.9 Å². The van der Waals surface area contributed by atoms with Crippen LogP contribution in [0.1, 0.15) is 65.4 Å². The summed E-state index contributed by atoms with van der Waals surface area (Å²) in [4.78, 5) is 62.8. The first kappa shape index (κ1) is 33.6. The molecule has 0 aliphatic rings. The predicted molar refractivity (Wildman–Crippen MR) is 150 cm³/mol. The zero-order valence-electron chi connectivity index (χ0n) is 24.1. The molecule has 0 aromatic heterocycles. The van der Waals surface area contributed by atoms with Crippen LogP contribution in [0.3, 0.4) is 0 Å². The highest BCUT2D eigenvalue weighted by Gasteiger charge is 2.28. The molecule has 11 heteroatoms. The van der Waals surface area contributed by atoms with E-state index in [2.05, 4.69) is 21.3 Å². The second-order valence-electron chi connectivity index (χ2n) is 9.96. The molecular formula is C28H45N5O6. The van der Waals surface area contributed by atoms with E-state index in [0.29, 0.717) is 37.9 Å². The number of rotatable bonds is 17. The number of ether oxygens (including phenoxy) is 1. The molecule has 0 radical (unpaired) electrons. The zero-order valence-corrected chi connectivity index (χ0v) is 24.1. The highest BCUT2D eigenvalue weighted by molar-refractivity contribution is 5.98. The third kappa shape index (κ3) is 13.2. The van der Waals surface area contributed by atoms with E-state index in [9.17, 15) is 24.0 Å². The minimum Gasteiger partial charge on any atom is -0.445 e. The molecule has 4 N–H and O–H groups in total. The van der Waals surface area contributed by atoms with Crippen molar-refractivity contribution in [3.63, 3.8) is 0 Å². The van der Waals surface area contributed by atoms with Gasteiger partial charge in [0.05, 0.1) is 0 Å². The van der Waals surface area contributed by atoms with Gasteiger partial charge in [0, 0.05) is 32.1 Å². The van der Waals surface area contributed by atoms with E-state index < -0.39 is 24.1 Å². The Labute approximate surface area is 231 Å². The maximum atomic E-state index is 13.1. The Balaban J connectivity index is 2.79. The highest BCUT2D eigenvalue weighted by atomic mass is 16.6. The third-order valence-corrected chi connectivity index (χ3v) is 5.99. The molecule has 0 heterocycles. The molecule has 0 aliphatic heterocycles. The van der Waals surface area contributed by atoms with Gasteiger partial charge in [-0.15, -0.1) is 0 Å². The maximum Gasteiger partial charge on any atom is 0.409 e. The SMILES string of the molecule is CCCC(=O)NC(C(=O)N[C@@H](CCCNC)C(=O)Nc1ccc(COC(=O)N(C)CCC(C)=O)cc1)C(C)C. The summed E-state index contributed by atoms with van der Waals surface area (Å²) in [5.41, 5.74) is 1.25. The Morgan fingerprint density at radius 1 is 0.974 bits per heavy atom. The Morgan fingerprint density at radius 2 is 1.64 bits per heavy atom. The number of anilines is 1. The fraction of sp³-hybridized carbons (Fsp3) is 0.607. The second-order valence-corrected chi connectivity index (χ2v) is 9.96. The van der Waals surface area contributed by atoms with Crippen LogP contribution < -0.4 is 21.3 Å². The lowest BCUT2D eigenvalue weighted by Crippen LogP contribution is -2.54. The standard InChI is InChI=1S/C28H45N5O6/c1-7-9-24(35)32-25(19(2)3)27(37)31-23(10-8-16-29-5)26(36)30-22-13-11-21(12-14-22)18-39-28(38)33(6)17-15-20(4)34/h11-14,19,23,25,29H,7-10,15-18H2,1-6H3,(H,30,36)(H,31,37)(H,32,35)/t23-,25?/m0/s1. The van der Waals surface area contributed by atoms with E-state index in [4.69, 9.17) is 4.74 Å². The molecule has 0 bridgehead atoms. The minimum atomic E-state index is -0.790. The topological polar surface area (TPSA) is 146 Å². The lowest BCUT2D eigenvalue weighted by atomic mass is 10.0. The van der Waals surface area contributed by atoms with Gasteiger partial charge in [0.2, 0.25) is 17.7 Å². The smallest absolute Gasteiger partial charge is 0.409 e. The summed E-state index contributed by atoms with van der Waals surface area (Å²) in [5, 5.41) is 11.5. The molecular weight excluding hydrogens is 502 g/mol. The number of ketones is 1. The van der Waals surface area contributed by atoms with Crippen molar-refractivity contribution in [2.45, 2.75) is 78.5 Å². The second kappa shape index (κ2) is 17.9. The Hall–Kier alpha value is -3.47. The molecule has 1 aromatic carbocycles. The molecule has 218 valence electrons. The largest absolute Gasteiger partial charge is 0.445 e. The van der Waals surface area contributed by atoms with Crippen LogP contribution in [0.4, 0.5) is 10.5 Å². The van der Waals surface area contributed by atoms with Crippen molar-refractivity contribution >= 4 is 35.3 Å². The fourth-order valence-corrected chi connectivity index (χ4v) is 3.61. The van der Waals surface area contributed by atoms with Gasteiger partial charge in [-0.3, -0.25) is 19.2 Å². The van der Waals surface area contributed by atoms with Crippen LogP contribution in [-0.4, -0.2) is 73.8 Å². The first-order valence-electron chi connectivity index (χ1n) is 13.5. The van der Waals surface area contributed by atoms with Gasteiger partial charge in [0.25, 0.3) is 0 Å². The lowest BCUT2D eigenvalue weighted by Gasteiger charge is -2.25. The summed E-state index contributed by atoms with van der Waals surface area (Å²) < 4.78 is 5.27. The van der Waals surface area contributed by atoms with Gasteiger partial charge in [0.15, 0.2) is 0 Å². The van der Waals surface area contributed by atoms with E-state index in [1.165, 1.54) is 11.8 Å². The van der Waals surface area contributed by atoms with E-state index in [0.717, 1.165) is 5.56 Å².